The van der Waals surface area contributed by atoms with E-state index in [2.05, 4.69) is 17.0 Å². The van der Waals surface area contributed by atoms with Gasteiger partial charge in [0.15, 0.2) is 0 Å². The molecule has 0 aliphatic rings. The highest BCUT2D eigenvalue weighted by Crippen LogP contribution is 2.07. The van der Waals surface area contributed by atoms with Gasteiger partial charge in [-0.05, 0) is 6.42 Å². The van der Waals surface area contributed by atoms with E-state index < -0.39 is 18.5 Å². The predicted molar refractivity (Wildman–Crippen MR) is 145 cm³/mol. The molecule has 0 fully saturated rings. The fourth-order valence-corrected chi connectivity index (χ4v) is 3.08. The maximum atomic E-state index is 11.6. The van der Waals surface area contributed by atoms with Crippen molar-refractivity contribution >= 4 is 17.8 Å². The summed E-state index contributed by atoms with van der Waals surface area (Å²) >= 11 is 0. The Balaban J connectivity index is 3.16. The van der Waals surface area contributed by atoms with Crippen LogP contribution in [-0.4, -0.2) is 129 Å². The van der Waals surface area contributed by atoms with Gasteiger partial charge in [0, 0.05) is 13.0 Å². The summed E-state index contributed by atoms with van der Waals surface area (Å²) in [4.78, 5) is 33.2. The van der Waals surface area contributed by atoms with Gasteiger partial charge in [0.2, 0.25) is 5.91 Å². The van der Waals surface area contributed by atoms with Gasteiger partial charge in [-0.2, -0.15) is 0 Å². The van der Waals surface area contributed by atoms with E-state index in [4.69, 9.17) is 38.3 Å². The van der Waals surface area contributed by atoms with Gasteiger partial charge in [-0.3, -0.25) is 9.59 Å². The summed E-state index contributed by atoms with van der Waals surface area (Å²) < 4.78 is 42.1. The molecular formula is C27H51NO12. The van der Waals surface area contributed by atoms with Crippen LogP contribution in [0.25, 0.3) is 0 Å². The number of nitrogens with one attached hydrogen (secondary N) is 1. The molecule has 13 nitrogen and oxygen atoms in total. The van der Waals surface area contributed by atoms with Crippen molar-refractivity contribution in [3.63, 3.8) is 0 Å². The SMILES string of the molecule is CCCCCCCCC(=O)OCCOCCOCCOCCOCCOCCOCCNC(=O)COCC(=O)O. The van der Waals surface area contributed by atoms with Crippen LogP contribution in [0.5, 0.6) is 0 Å². The average Bonchev–Trinajstić information content (AvgIpc) is 2.93. The van der Waals surface area contributed by atoms with Gasteiger partial charge in [0.1, 0.15) is 19.8 Å². The first-order valence-corrected chi connectivity index (χ1v) is 14.2. The molecule has 0 rings (SSSR count). The highest BCUT2D eigenvalue weighted by Gasteiger charge is 2.04. The molecule has 0 radical (unpaired) electrons. The van der Waals surface area contributed by atoms with E-state index in [0.717, 1.165) is 12.8 Å². The third kappa shape index (κ3) is 32.3. The number of carboxylic acid groups (broad SMARTS) is 1. The number of carbonyl (C=O) groups is 3. The molecule has 1 amide bonds. The number of esters is 1. The fourth-order valence-electron chi connectivity index (χ4n) is 3.08. The number of unbranched alkanes of at least 4 members (excludes halogenated alkanes) is 5. The van der Waals surface area contributed by atoms with Crippen molar-refractivity contribution < 1.29 is 57.4 Å². The van der Waals surface area contributed by atoms with Gasteiger partial charge in [-0.25, -0.2) is 4.79 Å². The third-order valence-corrected chi connectivity index (χ3v) is 5.11. The average molecular weight is 582 g/mol. The summed E-state index contributed by atoms with van der Waals surface area (Å²) in [5.74, 6) is -1.68. The van der Waals surface area contributed by atoms with Crippen LogP contribution < -0.4 is 5.32 Å². The summed E-state index contributed by atoms with van der Waals surface area (Å²) in [6.07, 6.45) is 7.36. The molecule has 236 valence electrons. The van der Waals surface area contributed by atoms with E-state index in [1.54, 1.807) is 0 Å². The second kappa shape index (κ2) is 31.7. The summed E-state index contributed by atoms with van der Waals surface area (Å²) in [7, 11) is 0. The summed E-state index contributed by atoms with van der Waals surface area (Å²) in [6, 6.07) is 0. The van der Waals surface area contributed by atoms with Crippen LogP contribution in [0.15, 0.2) is 0 Å². The highest BCUT2D eigenvalue weighted by atomic mass is 16.6. The van der Waals surface area contributed by atoms with Crippen LogP contribution in [0.2, 0.25) is 0 Å². The number of aliphatic carboxylic acids is 1. The first-order chi connectivity index (χ1) is 19.6. The molecule has 0 aromatic heterocycles. The van der Waals surface area contributed by atoms with Crippen molar-refractivity contribution in [1.29, 1.82) is 0 Å². The lowest BCUT2D eigenvalue weighted by atomic mass is 10.1. The molecule has 0 aliphatic heterocycles. The van der Waals surface area contributed by atoms with E-state index in [0.29, 0.717) is 92.2 Å². The quantitative estimate of drug-likeness (QED) is 0.0875. The Labute approximate surface area is 238 Å². The molecule has 0 bridgehead atoms. The second-order valence-electron chi connectivity index (χ2n) is 8.65. The summed E-state index contributed by atoms with van der Waals surface area (Å²) in [5, 5.41) is 10.9. The molecule has 40 heavy (non-hydrogen) atoms. The maximum absolute atomic E-state index is 11.6. The van der Waals surface area contributed by atoms with Crippen molar-refractivity contribution in [2.75, 3.05) is 106 Å². The molecule has 0 aromatic carbocycles. The number of carbonyl (C=O) groups excluding carboxylic acids is 2. The Hall–Kier alpha value is -1.87. The van der Waals surface area contributed by atoms with Crippen LogP contribution in [0.1, 0.15) is 51.9 Å². The van der Waals surface area contributed by atoms with Gasteiger partial charge < -0.3 is 48.3 Å². The Bertz CT molecular complexity index is 594. The van der Waals surface area contributed by atoms with Crippen LogP contribution in [0, 0.1) is 0 Å². The minimum atomic E-state index is -1.12. The van der Waals surface area contributed by atoms with Crippen LogP contribution >= 0.6 is 0 Å². The molecule has 13 heteroatoms. The lowest BCUT2D eigenvalue weighted by molar-refractivity contribution is -0.146. The Morgan fingerprint density at radius 2 is 1.00 bits per heavy atom. The molecule has 0 atom stereocenters. The molecule has 0 aliphatic carbocycles. The van der Waals surface area contributed by atoms with Gasteiger partial charge in [-0.1, -0.05) is 39.0 Å². The van der Waals surface area contributed by atoms with E-state index in [1.807, 2.05) is 0 Å². The number of rotatable bonds is 32. The van der Waals surface area contributed by atoms with Crippen LogP contribution in [0.3, 0.4) is 0 Å². The minimum Gasteiger partial charge on any atom is -0.480 e. The van der Waals surface area contributed by atoms with E-state index in [-0.39, 0.29) is 19.2 Å². The lowest BCUT2D eigenvalue weighted by Gasteiger charge is -2.09. The van der Waals surface area contributed by atoms with E-state index in [9.17, 15) is 14.4 Å². The predicted octanol–water partition coefficient (Wildman–Crippen LogP) is 1.60. The molecule has 0 spiro atoms. The smallest absolute Gasteiger partial charge is 0.329 e. The number of hydrogen-bond acceptors (Lipinski definition) is 11. The third-order valence-electron chi connectivity index (χ3n) is 5.11. The topological polar surface area (TPSA) is 157 Å². The molecule has 0 unspecified atom stereocenters. The maximum Gasteiger partial charge on any atom is 0.329 e. The number of amides is 1. The largest absolute Gasteiger partial charge is 0.480 e. The Kier molecular flexibility index (Phi) is 30.2. The van der Waals surface area contributed by atoms with Crippen molar-refractivity contribution in [3.8, 4) is 0 Å². The van der Waals surface area contributed by atoms with Gasteiger partial charge in [0.25, 0.3) is 0 Å². The summed E-state index contributed by atoms with van der Waals surface area (Å²) in [5.41, 5.74) is 0. The molecule has 0 saturated carbocycles. The normalized spacial score (nSPS) is 11.0. The van der Waals surface area contributed by atoms with Crippen molar-refractivity contribution in [1.82, 2.24) is 5.32 Å². The minimum absolute atomic E-state index is 0.157. The van der Waals surface area contributed by atoms with Gasteiger partial charge in [-0.15, -0.1) is 0 Å². The molecule has 0 heterocycles. The fraction of sp³-hybridized carbons (Fsp3) is 0.889. The molecular weight excluding hydrogens is 530 g/mol. The summed E-state index contributed by atoms with van der Waals surface area (Å²) in [6.45, 7) is 7.01. The van der Waals surface area contributed by atoms with Crippen LogP contribution in [-0.2, 0) is 52.3 Å². The standard InChI is InChI=1S/C27H51NO12/c1-2-3-4-5-6-7-8-27(32)40-22-21-38-20-19-37-18-17-36-16-15-35-14-13-34-12-11-33-10-9-28-25(29)23-39-24-26(30)31/h2-24H2,1H3,(H,28,29)(H,30,31). The zero-order valence-electron chi connectivity index (χ0n) is 24.2. The monoisotopic (exact) mass is 581 g/mol. The van der Waals surface area contributed by atoms with Crippen molar-refractivity contribution in [2.24, 2.45) is 0 Å². The van der Waals surface area contributed by atoms with Crippen molar-refractivity contribution in [3.05, 3.63) is 0 Å². The number of hydrogen-bond donors (Lipinski definition) is 2. The first kappa shape index (κ1) is 38.1. The van der Waals surface area contributed by atoms with Crippen molar-refractivity contribution in [2.45, 2.75) is 51.9 Å². The van der Waals surface area contributed by atoms with Crippen LogP contribution in [0.4, 0.5) is 0 Å². The first-order valence-electron chi connectivity index (χ1n) is 14.2. The Morgan fingerprint density at radius 1 is 0.550 bits per heavy atom. The lowest BCUT2D eigenvalue weighted by Crippen LogP contribution is -2.31. The van der Waals surface area contributed by atoms with E-state index in [1.165, 1.54) is 25.7 Å². The molecule has 0 aromatic rings. The zero-order chi connectivity index (χ0) is 29.4. The Morgan fingerprint density at radius 3 is 1.50 bits per heavy atom. The molecule has 0 saturated heterocycles. The van der Waals surface area contributed by atoms with Gasteiger partial charge >= 0.3 is 11.9 Å². The number of ether oxygens (including phenoxy) is 8. The number of carboxylic acids is 1. The van der Waals surface area contributed by atoms with E-state index >= 15 is 0 Å². The zero-order valence-corrected chi connectivity index (χ0v) is 24.2. The highest BCUT2D eigenvalue weighted by molar-refractivity contribution is 5.77. The second-order valence-corrected chi connectivity index (χ2v) is 8.65. The molecule has 2 N–H and O–H groups in total. The van der Waals surface area contributed by atoms with Gasteiger partial charge in [0.05, 0.1) is 79.3 Å².